The number of allylic oxidation sites excluding steroid dienone is 1. The predicted molar refractivity (Wildman–Crippen MR) is 67.8 cm³/mol. The lowest BCUT2D eigenvalue weighted by Crippen LogP contribution is -1.91. The molecule has 0 saturated carbocycles. The van der Waals surface area contributed by atoms with E-state index in [0.29, 0.717) is 0 Å². The van der Waals surface area contributed by atoms with Crippen LogP contribution in [-0.2, 0) is 0 Å². The third-order valence-electron chi connectivity index (χ3n) is 2.20. The molecule has 0 fully saturated rings. The molecule has 0 aromatic heterocycles. The molecule has 1 aromatic carbocycles. The maximum atomic E-state index is 9.80. The van der Waals surface area contributed by atoms with Gasteiger partial charge in [0.25, 0.3) is 0 Å². The molecule has 1 aromatic rings. The summed E-state index contributed by atoms with van der Waals surface area (Å²) in [6.07, 6.45) is 5.99. The summed E-state index contributed by atoms with van der Waals surface area (Å²) in [5.41, 5.74) is 0.929. The maximum absolute atomic E-state index is 9.80. The lowest BCUT2D eigenvalue weighted by molar-refractivity contribution is 0.228. The van der Waals surface area contributed by atoms with E-state index in [1.165, 1.54) is 0 Å². The minimum atomic E-state index is -0.500. The highest BCUT2D eigenvalue weighted by Gasteiger charge is 1.99. The van der Waals surface area contributed by atoms with Gasteiger partial charge in [0.05, 0.1) is 6.10 Å². The van der Waals surface area contributed by atoms with Gasteiger partial charge in [0.1, 0.15) is 0 Å². The van der Waals surface area contributed by atoms with Crippen molar-refractivity contribution in [3.63, 3.8) is 0 Å². The summed E-state index contributed by atoms with van der Waals surface area (Å²) < 4.78 is 0. The van der Waals surface area contributed by atoms with Gasteiger partial charge in [0, 0.05) is 12.8 Å². The fourth-order valence-electron chi connectivity index (χ4n) is 1.36. The van der Waals surface area contributed by atoms with Gasteiger partial charge in [-0.05, 0) is 12.0 Å². The van der Waals surface area contributed by atoms with E-state index in [-0.39, 0.29) is 0 Å². The minimum absolute atomic E-state index is 0.500. The monoisotopic (exact) mass is 214 g/mol. The van der Waals surface area contributed by atoms with E-state index in [1.54, 1.807) is 0 Å². The number of unbranched alkanes of at least 4 members (excludes halogenated alkanes) is 1. The molecule has 84 valence electrons. The van der Waals surface area contributed by atoms with Crippen LogP contribution in [0.2, 0.25) is 0 Å². The second-order valence-electron chi connectivity index (χ2n) is 3.53. The summed E-state index contributed by atoms with van der Waals surface area (Å²) in [6.45, 7) is 2.04. The van der Waals surface area contributed by atoms with Gasteiger partial charge >= 0.3 is 0 Å². The molecular weight excluding hydrogens is 196 g/mol. The van der Waals surface area contributed by atoms with Gasteiger partial charge in [0.15, 0.2) is 0 Å². The van der Waals surface area contributed by atoms with Crippen LogP contribution >= 0.6 is 0 Å². The molecule has 1 nitrogen and oxygen atoms in total. The summed E-state index contributed by atoms with van der Waals surface area (Å²) >= 11 is 0. The highest BCUT2D eigenvalue weighted by molar-refractivity contribution is 5.20. The molecule has 1 rings (SSSR count). The van der Waals surface area contributed by atoms with Crippen LogP contribution in [0.25, 0.3) is 0 Å². The molecule has 0 radical (unpaired) electrons. The van der Waals surface area contributed by atoms with E-state index in [9.17, 15) is 5.11 Å². The van der Waals surface area contributed by atoms with Crippen LogP contribution < -0.4 is 0 Å². The highest BCUT2D eigenvalue weighted by Crippen LogP contribution is 2.13. The number of aliphatic hydroxyl groups excluding tert-OH is 1. The Bertz CT molecular complexity index is 367. The summed E-state index contributed by atoms with van der Waals surface area (Å²) in [5.74, 6) is 6.09. The van der Waals surface area contributed by atoms with Crippen molar-refractivity contribution in [2.45, 2.75) is 32.3 Å². The van der Waals surface area contributed by atoms with Crippen molar-refractivity contribution < 1.29 is 5.11 Å². The first-order valence-electron chi connectivity index (χ1n) is 5.70. The number of rotatable bonds is 4. The number of hydrogen-bond donors (Lipinski definition) is 1. The summed E-state index contributed by atoms with van der Waals surface area (Å²) in [7, 11) is 0. The van der Waals surface area contributed by atoms with E-state index in [1.807, 2.05) is 49.4 Å². The van der Waals surface area contributed by atoms with Crippen LogP contribution in [-0.4, -0.2) is 5.11 Å². The van der Waals surface area contributed by atoms with E-state index >= 15 is 0 Å². The predicted octanol–water partition coefficient (Wildman–Crippen LogP) is 3.47. The van der Waals surface area contributed by atoms with Gasteiger partial charge in [0.2, 0.25) is 0 Å². The normalized spacial score (nSPS) is 12.1. The van der Waals surface area contributed by atoms with E-state index in [4.69, 9.17) is 0 Å². The quantitative estimate of drug-likeness (QED) is 0.462. The lowest BCUT2D eigenvalue weighted by Gasteiger charge is -2.04. The Hall–Kier alpha value is -1.52. The van der Waals surface area contributed by atoms with Crippen molar-refractivity contribution in [2.24, 2.45) is 0 Å². The van der Waals surface area contributed by atoms with Crippen LogP contribution in [0, 0.1) is 11.8 Å². The van der Waals surface area contributed by atoms with Gasteiger partial charge in [-0.1, -0.05) is 49.4 Å². The lowest BCUT2D eigenvalue weighted by atomic mass is 10.1. The molecule has 1 heteroatoms. The number of hydrogen-bond acceptors (Lipinski definition) is 1. The molecule has 16 heavy (non-hydrogen) atoms. The Morgan fingerprint density at radius 2 is 2.00 bits per heavy atom. The molecule has 0 saturated heterocycles. The zero-order valence-corrected chi connectivity index (χ0v) is 9.69. The van der Waals surface area contributed by atoms with Crippen molar-refractivity contribution in [1.82, 2.24) is 0 Å². The summed E-state index contributed by atoms with van der Waals surface area (Å²) in [4.78, 5) is 0. The largest absolute Gasteiger partial charge is 0.384 e. The smallest absolute Gasteiger partial charge is 0.0971 e. The Kier molecular flexibility index (Phi) is 6.06. The molecule has 0 aliphatic rings. The van der Waals surface area contributed by atoms with Gasteiger partial charge < -0.3 is 5.11 Å². The first kappa shape index (κ1) is 12.5. The standard InChI is InChI=1S/C15H18O/c1-2-3-4-5-6-10-13-15(16)14-11-8-7-9-12-14/h7-13,15-16H,2,5-6H2,1H3/b13-10+/t15-/m0/s1. The Labute approximate surface area is 97.8 Å². The molecule has 1 N–H and O–H groups in total. The first-order chi connectivity index (χ1) is 7.84. The van der Waals surface area contributed by atoms with Crippen LogP contribution in [0.1, 0.15) is 37.9 Å². The molecule has 0 heterocycles. The molecule has 0 aliphatic carbocycles. The van der Waals surface area contributed by atoms with Crippen molar-refractivity contribution >= 4 is 0 Å². The first-order valence-corrected chi connectivity index (χ1v) is 5.70. The molecule has 0 aliphatic heterocycles. The third-order valence-corrected chi connectivity index (χ3v) is 2.20. The van der Waals surface area contributed by atoms with Gasteiger partial charge in [-0.15, -0.1) is 11.8 Å². The highest BCUT2D eigenvalue weighted by atomic mass is 16.3. The van der Waals surface area contributed by atoms with Crippen molar-refractivity contribution in [3.05, 3.63) is 48.0 Å². The Morgan fingerprint density at radius 3 is 2.69 bits per heavy atom. The fourth-order valence-corrected chi connectivity index (χ4v) is 1.36. The van der Waals surface area contributed by atoms with Crippen molar-refractivity contribution in [3.8, 4) is 11.8 Å². The van der Waals surface area contributed by atoms with Crippen LogP contribution in [0.15, 0.2) is 42.5 Å². The van der Waals surface area contributed by atoms with Crippen molar-refractivity contribution in [1.29, 1.82) is 0 Å². The molecule has 0 unspecified atom stereocenters. The Morgan fingerprint density at radius 1 is 1.25 bits per heavy atom. The van der Waals surface area contributed by atoms with Crippen LogP contribution in [0.4, 0.5) is 0 Å². The molecule has 0 spiro atoms. The molecular formula is C15H18O. The zero-order chi connectivity index (χ0) is 11.6. The average Bonchev–Trinajstić information content (AvgIpc) is 2.34. The molecule has 0 amide bonds. The van der Waals surface area contributed by atoms with E-state index in [0.717, 1.165) is 24.8 Å². The zero-order valence-electron chi connectivity index (χ0n) is 9.69. The summed E-state index contributed by atoms with van der Waals surface area (Å²) in [5, 5.41) is 9.80. The number of aliphatic hydroxyl groups is 1. The molecule has 1 atom stereocenters. The Balaban J connectivity index is 2.34. The average molecular weight is 214 g/mol. The number of benzene rings is 1. The third kappa shape index (κ3) is 4.82. The summed E-state index contributed by atoms with van der Waals surface area (Å²) in [6, 6.07) is 9.65. The second kappa shape index (κ2) is 7.73. The molecule has 0 bridgehead atoms. The van der Waals surface area contributed by atoms with Crippen LogP contribution in [0.3, 0.4) is 0 Å². The van der Waals surface area contributed by atoms with E-state index < -0.39 is 6.10 Å². The second-order valence-corrected chi connectivity index (χ2v) is 3.53. The SMILES string of the molecule is CCC#CCC/C=C/[C@H](O)c1ccccc1. The maximum Gasteiger partial charge on any atom is 0.0971 e. The van der Waals surface area contributed by atoms with Gasteiger partial charge in [-0.25, -0.2) is 0 Å². The minimum Gasteiger partial charge on any atom is -0.384 e. The van der Waals surface area contributed by atoms with Crippen LogP contribution in [0.5, 0.6) is 0 Å². The van der Waals surface area contributed by atoms with Crippen molar-refractivity contribution in [2.75, 3.05) is 0 Å². The van der Waals surface area contributed by atoms with E-state index in [2.05, 4.69) is 11.8 Å². The van der Waals surface area contributed by atoms with Gasteiger partial charge in [-0.3, -0.25) is 0 Å². The topological polar surface area (TPSA) is 20.2 Å². The van der Waals surface area contributed by atoms with Gasteiger partial charge in [-0.2, -0.15) is 0 Å². The fraction of sp³-hybridized carbons (Fsp3) is 0.333.